The third kappa shape index (κ3) is 6.52. The Labute approximate surface area is 178 Å². The Morgan fingerprint density at radius 1 is 1.03 bits per heavy atom. The van der Waals surface area contributed by atoms with E-state index in [2.05, 4.69) is 10.0 Å². The number of nitrogens with zero attached hydrogens (tertiary/aromatic N) is 1. The molecule has 0 radical (unpaired) electrons. The van der Waals surface area contributed by atoms with Gasteiger partial charge in [0.25, 0.3) is 5.91 Å². The third-order valence-corrected chi connectivity index (χ3v) is 6.97. The van der Waals surface area contributed by atoms with E-state index in [9.17, 15) is 18.0 Å². The highest BCUT2D eigenvalue weighted by Crippen LogP contribution is 2.14. The molecule has 1 aromatic rings. The Morgan fingerprint density at radius 3 is 2.37 bits per heavy atom. The minimum Gasteiger partial charge on any atom is -0.377 e. The van der Waals surface area contributed by atoms with Crippen LogP contribution in [-0.4, -0.2) is 64.0 Å². The van der Waals surface area contributed by atoms with Crippen molar-refractivity contribution >= 4 is 21.8 Å². The van der Waals surface area contributed by atoms with Gasteiger partial charge >= 0.3 is 0 Å². The minimum absolute atomic E-state index is 0.0657. The van der Waals surface area contributed by atoms with Crippen LogP contribution in [0.1, 0.15) is 55.3 Å². The van der Waals surface area contributed by atoms with Gasteiger partial charge in [0.05, 0.1) is 11.0 Å². The van der Waals surface area contributed by atoms with Crippen molar-refractivity contribution in [3.05, 3.63) is 29.8 Å². The quantitative estimate of drug-likeness (QED) is 0.644. The van der Waals surface area contributed by atoms with Gasteiger partial charge in [-0.2, -0.15) is 0 Å². The first-order valence-corrected chi connectivity index (χ1v) is 12.2. The monoisotopic (exact) mass is 437 g/mol. The lowest BCUT2D eigenvalue weighted by atomic mass is 10.2. The number of benzene rings is 1. The predicted molar refractivity (Wildman–Crippen MR) is 113 cm³/mol. The summed E-state index contributed by atoms with van der Waals surface area (Å²) in [7, 11) is -3.65. The number of hydrogen-bond acceptors (Lipinski definition) is 5. The molecule has 0 bridgehead atoms. The highest BCUT2D eigenvalue weighted by Gasteiger charge is 2.21. The first-order chi connectivity index (χ1) is 14.5. The third-order valence-electron chi connectivity index (χ3n) is 5.54. The standard InChI is InChI=1S/C21H31N3O5S/c25-20(24-13-3-1-2-4-14-24)11-12-22-21(26)17-7-9-19(10-8-17)30(27,28)23-16-18-6-5-15-29-18/h7-10,18,23H,1-6,11-16H2,(H,22,26)/t18-/m1/s1. The number of sulfonamides is 1. The van der Waals surface area contributed by atoms with Crippen LogP contribution in [0.2, 0.25) is 0 Å². The molecule has 0 aromatic heterocycles. The van der Waals surface area contributed by atoms with Crippen LogP contribution in [-0.2, 0) is 19.6 Å². The van der Waals surface area contributed by atoms with Crippen molar-refractivity contribution in [3.8, 4) is 0 Å². The van der Waals surface area contributed by atoms with Gasteiger partial charge in [0.2, 0.25) is 15.9 Å². The predicted octanol–water partition coefficient (Wildman–Crippen LogP) is 1.67. The molecule has 0 saturated carbocycles. The summed E-state index contributed by atoms with van der Waals surface area (Å²) in [5, 5.41) is 2.74. The van der Waals surface area contributed by atoms with Gasteiger partial charge in [-0.25, -0.2) is 13.1 Å². The van der Waals surface area contributed by atoms with Crippen molar-refractivity contribution in [2.75, 3.05) is 32.8 Å². The van der Waals surface area contributed by atoms with Crippen LogP contribution >= 0.6 is 0 Å². The van der Waals surface area contributed by atoms with Gasteiger partial charge in [-0.1, -0.05) is 12.8 Å². The first-order valence-electron chi connectivity index (χ1n) is 10.7. The SMILES string of the molecule is O=C(NCCC(=O)N1CCCCCC1)c1ccc(S(=O)(=O)NC[C@H]2CCCO2)cc1. The van der Waals surface area contributed by atoms with Crippen molar-refractivity contribution in [1.29, 1.82) is 0 Å². The summed E-state index contributed by atoms with van der Waals surface area (Å²) in [6, 6.07) is 5.78. The molecule has 30 heavy (non-hydrogen) atoms. The summed E-state index contributed by atoms with van der Waals surface area (Å²) >= 11 is 0. The molecule has 3 rings (SSSR count). The highest BCUT2D eigenvalue weighted by molar-refractivity contribution is 7.89. The van der Waals surface area contributed by atoms with E-state index in [1.807, 2.05) is 4.90 Å². The van der Waals surface area contributed by atoms with Gasteiger partial charge < -0.3 is 15.0 Å². The summed E-state index contributed by atoms with van der Waals surface area (Å²) < 4.78 is 32.7. The molecule has 1 atom stereocenters. The Balaban J connectivity index is 1.45. The molecule has 2 heterocycles. The fourth-order valence-corrected chi connectivity index (χ4v) is 4.81. The van der Waals surface area contributed by atoms with Gasteiger partial charge in [-0.05, 0) is 49.9 Å². The molecule has 2 aliphatic heterocycles. The average molecular weight is 438 g/mol. The van der Waals surface area contributed by atoms with E-state index >= 15 is 0 Å². The zero-order chi connectivity index (χ0) is 21.4. The highest BCUT2D eigenvalue weighted by atomic mass is 32.2. The van der Waals surface area contributed by atoms with Gasteiger partial charge in [0.15, 0.2) is 0 Å². The van der Waals surface area contributed by atoms with E-state index < -0.39 is 10.0 Å². The van der Waals surface area contributed by atoms with Crippen molar-refractivity contribution in [2.45, 2.75) is 55.9 Å². The zero-order valence-corrected chi connectivity index (χ0v) is 18.1. The van der Waals surface area contributed by atoms with Crippen molar-refractivity contribution in [1.82, 2.24) is 14.9 Å². The van der Waals surface area contributed by atoms with Gasteiger partial charge in [-0.15, -0.1) is 0 Å². The van der Waals surface area contributed by atoms with Crippen molar-refractivity contribution < 1.29 is 22.7 Å². The van der Waals surface area contributed by atoms with E-state index in [1.165, 1.54) is 24.3 Å². The van der Waals surface area contributed by atoms with Crippen LogP contribution in [0.4, 0.5) is 0 Å². The molecule has 2 amide bonds. The molecular formula is C21H31N3O5S. The van der Waals surface area contributed by atoms with Crippen LogP contribution in [0, 0.1) is 0 Å². The second kappa shape index (κ2) is 10.9. The molecule has 8 nitrogen and oxygen atoms in total. The normalized spacial score (nSPS) is 20.0. The molecular weight excluding hydrogens is 406 g/mol. The topological polar surface area (TPSA) is 105 Å². The van der Waals surface area contributed by atoms with Crippen LogP contribution in [0.5, 0.6) is 0 Å². The Hall–Kier alpha value is -1.97. The lowest BCUT2D eigenvalue weighted by Gasteiger charge is -2.20. The number of ether oxygens (including phenoxy) is 1. The fraction of sp³-hybridized carbons (Fsp3) is 0.619. The largest absolute Gasteiger partial charge is 0.377 e. The summed E-state index contributed by atoms with van der Waals surface area (Å²) in [6.07, 6.45) is 6.38. The number of likely N-dealkylation sites (tertiary alicyclic amines) is 1. The maximum atomic E-state index is 12.4. The molecule has 1 aromatic carbocycles. The van der Waals surface area contributed by atoms with Crippen molar-refractivity contribution in [2.24, 2.45) is 0 Å². The number of hydrogen-bond donors (Lipinski definition) is 2. The number of rotatable bonds is 8. The van der Waals surface area contributed by atoms with E-state index in [0.717, 1.165) is 51.6 Å². The molecule has 9 heteroatoms. The molecule has 0 aliphatic carbocycles. The maximum Gasteiger partial charge on any atom is 0.251 e. The van der Waals surface area contributed by atoms with E-state index in [0.29, 0.717) is 12.2 Å². The van der Waals surface area contributed by atoms with Crippen LogP contribution < -0.4 is 10.0 Å². The maximum absolute atomic E-state index is 12.4. The number of nitrogens with one attached hydrogen (secondary N) is 2. The molecule has 2 aliphatic rings. The Bertz CT molecular complexity index is 812. The number of carbonyl (C=O) groups excluding carboxylic acids is 2. The second-order valence-electron chi connectivity index (χ2n) is 7.81. The summed E-state index contributed by atoms with van der Waals surface area (Å²) in [5.41, 5.74) is 0.357. The second-order valence-corrected chi connectivity index (χ2v) is 9.58. The van der Waals surface area contributed by atoms with E-state index in [-0.39, 0.29) is 42.3 Å². The van der Waals surface area contributed by atoms with Gasteiger partial charge in [-0.3, -0.25) is 9.59 Å². The first kappa shape index (κ1) is 22.7. The molecule has 2 saturated heterocycles. The molecule has 166 valence electrons. The summed E-state index contributed by atoms with van der Waals surface area (Å²) in [5.74, 6) is -0.258. The smallest absolute Gasteiger partial charge is 0.251 e. The average Bonchev–Trinajstić information content (AvgIpc) is 3.12. The van der Waals surface area contributed by atoms with Crippen molar-refractivity contribution in [3.63, 3.8) is 0 Å². The van der Waals surface area contributed by atoms with Gasteiger partial charge in [0.1, 0.15) is 0 Å². The molecule has 0 unspecified atom stereocenters. The van der Waals surface area contributed by atoms with E-state index in [1.54, 1.807) is 0 Å². The lowest BCUT2D eigenvalue weighted by Crippen LogP contribution is -2.35. The fourth-order valence-electron chi connectivity index (χ4n) is 3.74. The Kier molecular flexibility index (Phi) is 8.24. The minimum atomic E-state index is -3.65. The molecule has 0 spiro atoms. The summed E-state index contributed by atoms with van der Waals surface area (Å²) in [4.78, 5) is 26.6. The van der Waals surface area contributed by atoms with Gasteiger partial charge in [0, 0.05) is 44.8 Å². The molecule has 2 N–H and O–H groups in total. The number of amides is 2. The number of carbonyl (C=O) groups is 2. The molecule has 2 fully saturated rings. The van der Waals surface area contributed by atoms with E-state index in [4.69, 9.17) is 4.74 Å². The van der Waals surface area contributed by atoms with Crippen LogP contribution in [0.15, 0.2) is 29.2 Å². The van der Waals surface area contributed by atoms with Crippen LogP contribution in [0.25, 0.3) is 0 Å². The summed E-state index contributed by atoms with van der Waals surface area (Å²) in [6.45, 7) is 2.76. The van der Waals surface area contributed by atoms with Crippen LogP contribution in [0.3, 0.4) is 0 Å². The lowest BCUT2D eigenvalue weighted by molar-refractivity contribution is -0.131. The Morgan fingerprint density at radius 2 is 1.73 bits per heavy atom. The zero-order valence-electron chi connectivity index (χ0n) is 17.3.